The van der Waals surface area contributed by atoms with Gasteiger partial charge in [0.1, 0.15) is 0 Å². The Bertz CT molecular complexity index is 423. The predicted octanol–water partition coefficient (Wildman–Crippen LogP) is 3.75. The highest BCUT2D eigenvalue weighted by Crippen LogP contribution is 2.25. The van der Waals surface area contributed by atoms with Gasteiger partial charge in [-0.05, 0) is 40.0 Å². The molecule has 0 saturated heterocycles. The third-order valence-electron chi connectivity index (χ3n) is 2.68. The second-order valence-electron chi connectivity index (χ2n) is 4.55. The van der Waals surface area contributed by atoms with Crippen molar-refractivity contribution in [3.05, 3.63) is 22.7 Å². The van der Waals surface area contributed by atoms with Crippen molar-refractivity contribution < 1.29 is 4.79 Å². The van der Waals surface area contributed by atoms with Gasteiger partial charge in [-0.3, -0.25) is 4.79 Å². The summed E-state index contributed by atoms with van der Waals surface area (Å²) in [6.45, 7) is 6.46. The van der Waals surface area contributed by atoms with E-state index in [2.05, 4.69) is 42.0 Å². The molecule has 1 atom stereocenters. The van der Waals surface area contributed by atoms with Gasteiger partial charge in [0.05, 0.1) is 11.4 Å². The maximum Gasteiger partial charge on any atom is 0.234 e. The number of nitrogens with two attached hydrogens (primary N) is 1. The Labute approximate surface area is 121 Å². The minimum Gasteiger partial charge on any atom is -0.399 e. The van der Waals surface area contributed by atoms with Crippen molar-refractivity contribution in [2.24, 2.45) is 5.92 Å². The molecule has 5 heteroatoms. The average Bonchev–Trinajstić information content (AvgIpc) is 2.29. The molecular formula is C13H19BrN2OS. The Kier molecular flexibility index (Phi) is 6.02. The Morgan fingerprint density at radius 1 is 1.44 bits per heavy atom. The van der Waals surface area contributed by atoms with E-state index in [1.165, 1.54) is 0 Å². The van der Waals surface area contributed by atoms with Crippen molar-refractivity contribution in [3.8, 4) is 0 Å². The quantitative estimate of drug-likeness (QED) is 0.808. The molecule has 0 aliphatic rings. The number of carbonyl (C=O) groups excluding carboxylic acids is 1. The molecule has 1 rings (SSSR count). The van der Waals surface area contributed by atoms with E-state index in [1.54, 1.807) is 30.0 Å². The molecule has 1 unspecified atom stereocenters. The van der Waals surface area contributed by atoms with Crippen molar-refractivity contribution in [2.45, 2.75) is 26.0 Å². The zero-order chi connectivity index (χ0) is 13.7. The largest absolute Gasteiger partial charge is 0.399 e. The van der Waals surface area contributed by atoms with Crippen LogP contribution < -0.4 is 11.1 Å². The number of nitrogen functional groups attached to an aromatic ring is 1. The maximum absolute atomic E-state index is 11.8. The fraction of sp³-hybridized carbons (Fsp3) is 0.462. The van der Waals surface area contributed by atoms with E-state index in [0.29, 0.717) is 22.6 Å². The van der Waals surface area contributed by atoms with Gasteiger partial charge in [-0.15, -0.1) is 11.8 Å². The summed E-state index contributed by atoms with van der Waals surface area (Å²) in [5, 5.41) is 3.35. The highest BCUT2D eigenvalue weighted by atomic mass is 79.9. The summed E-state index contributed by atoms with van der Waals surface area (Å²) in [5.74, 6) is 1.06. The molecule has 3 N–H and O–H groups in total. The van der Waals surface area contributed by atoms with E-state index in [0.717, 1.165) is 10.2 Å². The van der Waals surface area contributed by atoms with Crippen molar-refractivity contribution in [1.29, 1.82) is 0 Å². The summed E-state index contributed by atoms with van der Waals surface area (Å²) in [5.41, 5.74) is 7.07. The molecule has 0 aliphatic heterocycles. The molecule has 0 saturated carbocycles. The first-order valence-corrected chi connectivity index (χ1v) is 7.70. The lowest BCUT2D eigenvalue weighted by Gasteiger charge is -2.14. The van der Waals surface area contributed by atoms with Crippen LogP contribution in [0.2, 0.25) is 0 Å². The van der Waals surface area contributed by atoms with E-state index in [9.17, 15) is 4.79 Å². The van der Waals surface area contributed by atoms with Crippen LogP contribution in [-0.2, 0) is 4.79 Å². The van der Waals surface area contributed by atoms with Gasteiger partial charge < -0.3 is 11.1 Å². The van der Waals surface area contributed by atoms with Gasteiger partial charge in [0, 0.05) is 15.4 Å². The molecule has 18 heavy (non-hydrogen) atoms. The van der Waals surface area contributed by atoms with Crippen LogP contribution in [0.15, 0.2) is 22.7 Å². The zero-order valence-corrected chi connectivity index (χ0v) is 13.3. The van der Waals surface area contributed by atoms with Crippen LogP contribution in [0.4, 0.5) is 11.4 Å². The van der Waals surface area contributed by atoms with E-state index in [4.69, 9.17) is 5.73 Å². The average molecular weight is 331 g/mol. The summed E-state index contributed by atoms with van der Waals surface area (Å²) in [7, 11) is 0. The van der Waals surface area contributed by atoms with Crippen molar-refractivity contribution >= 4 is 45.0 Å². The molecule has 0 bridgehead atoms. The summed E-state index contributed by atoms with van der Waals surface area (Å²) >= 11 is 5.05. The Morgan fingerprint density at radius 3 is 2.67 bits per heavy atom. The number of rotatable bonds is 5. The fourth-order valence-corrected chi connectivity index (χ4v) is 2.59. The van der Waals surface area contributed by atoms with E-state index in [1.807, 2.05) is 0 Å². The maximum atomic E-state index is 11.8. The highest BCUT2D eigenvalue weighted by molar-refractivity contribution is 9.10. The number of thioether (sulfide) groups is 1. The van der Waals surface area contributed by atoms with Crippen LogP contribution in [0.5, 0.6) is 0 Å². The molecule has 0 spiro atoms. The number of amides is 1. The third kappa shape index (κ3) is 4.90. The van der Waals surface area contributed by atoms with Crippen LogP contribution in [-0.4, -0.2) is 16.9 Å². The molecule has 0 aromatic heterocycles. The number of hydrogen-bond donors (Lipinski definition) is 2. The molecular weight excluding hydrogens is 312 g/mol. The molecule has 1 amide bonds. The monoisotopic (exact) mass is 330 g/mol. The van der Waals surface area contributed by atoms with Gasteiger partial charge in [-0.25, -0.2) is 0 Å². The van der Waals surface area contributed by atoms with Gasteiger partial charge in [0.15, 0.2) is 0 Å². The van der Waals surface area contributed by atoms with Gasteiger partial charge in [0.2, 0.25) is 5.91 Å². The lowest BCUT2D eigenvalue weighted by molar-refractivity contribution is -0.113. The Morgan fingerprint density at radius 2 is 2.11 bits per heavy atom. The lowest BCUT2D eigenvalue weighted by Crippen LogP contribution is -2.17. The molecule has 0 radical (unpaired) electrons. The molecule has 3 nitrogen and oxygen atoms in total. The number of carbonyl (C=O) groups is 1. The van der Waals surface area contributed by atoms with E-state index < -0.39 is 0 Å². The smallest absolute Gasteiger partial charge is 0.234 e. The number of halogens is 1. The van der Waals surface area contributed by atoms with Gasteiger partial charge >= 0.3 is 0 Å². The van der Waals surface area contributed by atoms with Crippen LogP contribution in [0.1, 0.15) is 20.8 Å². The van der Waals surface area contributed by atoms with Crippen molar-refractivity contribution in [1.82, 2.24) is 0 Å². The second kappa shape index (κ2) is 7.04. The van der Waals surface area contributed by atoms with Crippen LogP contribution in [0, 0.1) is 5.92 Å². The minimum absolute atomic E-state index is 0.0120. The van der Waals surface area contributed by atoms with E-state index >= 15 is 0 Å². The fourth-order valence-electron chi connectivity index (χ4n) is 1.22. The van der Waals surface area contributed by atoms with Gasteiger partial charge in [-0.2, -0.15) is 0 Å². The first kappa shape index (κ1) is 15.4. The number of hydrogen-bond acceptors (Lipinski definition) is 3. The topological polar surface area (TPSA) is 55.1 Å². The summed E-state index contributed by atoms with van der Waals surface area (Å²) in [6.07, 6.45) is 0. The summed E-state index contributed by atoms with van der Waals surface area (Å²) < 4.78 is 0.803. The predicted molar refractivity (Wildman–Crippen MR) is 83.9 cm³/mol. The first-order valence-electron chi connectivity index (χ1n) is 5.86. The number of nitrogens with one attached hydrogen (secondary N) is 1. The number of benzene rings is 1. The minimum atomic E-state index is 0.0120. The third-order valence-corrected chi connectivity index (χ3v) is 4.84. The lowest BCUT2D eigenvalue weighted by atomic mass is 10.2. The summed E-state index contributed by atoms with van der Waals surface area (Å²) in [6, 6.07) is 5.34. The SMILES string of the molecule is CC(C)C(C)SCC(=O)Nc1ccc(N)cc1Br. The zero-order valence-electron chi connectivity index (χ0n) is 10.9. The summed E-state index contributed by atoms with van der Waals surface area (Å²) in [4.78, 5) is 11.8. The molecule has 1 aromatic carbocycles. The van der Waals surface area contributed by atoms with Crippen LogP contribution in [0.3, 0.4) is 0 Å². The van der Waals surface area contributed by atoms with Crippen LogP contribution in [0.25, 0.3) is 0 Å². The standard InChI is InChI=1S/C13H19BrN2OS/c1-8(2)9(3)18-7-13(17)16-12-5-4-10(15)6-11(12)14/h4-6,8-9H,7,15H2,1-3H3,(H,16,17). The first-order chi connectivity index (χ1) is 8.40. The molecule has 0 fully saturated rings. The Balaban J connectivity index is 2.50. The van der Waals surface area contributed by atoms with Gasteiger partial charge in [-0.1, -0.05) is 20.8 Å². The van der Waals surface area contributed by atoms with Crippen molar-refractivity contribution in [3.63, 3.8) is 0 Å². The molecule has 0 heterocycles. The number of anilines is 2. The molecule has 0 aliphatic carbocycles. The highest BCUT2D eigenvalue weighted by Gasteiger charge is 2.11. The Hall–Kier alpha value is -0.680. The normalized spacial score (nSPS) is 12.5. The second-order valence-corrected chi connectivity index (χ2v) is 6.77. The molecule has 1 aromatic rings. The van der Waals surface area contributed by atoms with Crippen LogP contribution >= 0.6 is 27.7 Å². The molecule has 100 valence electrons. The van der Waals surface area contributed by atoms with E-state index in [-0.39, 0.29) is 5.91 Å². The van der Waals surface area contributed by atoms with Gasteiger partial charge in [0.25, 0.3) is 0 Å². The van der Waals surface area contributed by atoms with Crippen molar-refractivity contribution in [2.75, 3.05) is 16.8 Å².